The standard InChI is InChI=1S/C21H24F2N4O3/c1-13(2)30-17-10-19-24-14(6-5-9-29-3)11-27(19)12-15(17)21(28)26-18-8-4-7-16(25-18)20(22)23/h4,7-8,10-13,20H,5-6,9H2,1-3H3,(H,25,26,28). The largest absolute Gasteiger partial charge is 0.490 e. The van der Waals surface area contributed by atoms with Gasteiger partial charge in [0.2, 0.25) is 0 Å². The number of carbonyl (C=O) groups excluding carboxylic acids is 1. The molecule has 3 rings (SSSR count). The van der Waals surface area contributed by atoms with E-state index in [2.05, 4.69) is 15.3 Å². The summed E-state index contributed by atoms with van der Waals surface area (Å²) in [7, 11) is 1.65. The number of nitrogens with zero attached hydrogens (tertiary/aromatic N) is 3. The highest BCUT2D eigenvalue weighted by molar-refractivity contribution is 6.05. The Morgan fingerprint density at radius 3 is 2.73 bits per heavy atom. The normalized spacial score (nSPS) is 11.4. The van der Waals surface area contributed by atoms with Gasteiger partial charge < -0.3 is 19.2 Å². The van der Waals surface area contributed by atoms with E-state index in [1.807, 2.05) is 20.0 Å². The molecule has 0 aliphatic rings. The Labute approximate surface area is 173 Å². The number of hydrogen-bond donors (Lipinski definition) is 1. The summed E-state index contributed by atoms with van der Waals surface area (Å²) in [5.74, 6) is -0.116. The average molecular weight is 418 g/mol. The maximum absolute atomic E-state index is 12.9. The van der Waals surface area contributed by atoms with Crippen molar-refractivity contribution < 1.29 is 23.0 Å². The number of hydrogen-bond acceptors (Lipinski definition) is 5. The molecule has 30 heavy (non-hydrogen) atoms. The summed E-state index contributed by atoms with van der Waals surface area (Å²) < 4.78 is 38.4. The Kier molecular flexibility index (Phi) is 6.94. The van der Waals surface area contributed by atoms with Crippen molar-refractivity contribution >= 4 is 17.4 Å². The summed E-state index contributed by atoms with van der Waals surface area (Å²) in [5, 5.41) is 2.57. The molecular weight excluding hydrogens is 394 g/mol. The van der Waals surface area contributed by atoms with Crippen molar-refractivity contribution in [1.82, 2.24) is 14.4 Å². The van der Waals surface area contributed by atoms with Crippen molar-refractivity contribution in [3.8, 4) is 5.75 Å². The van der Waals surface area contributed by atoms with Crippen LogP contribution in [0, 0.1) is 0 Å². The van der Waals surface area contributed by atoms with E-state index in [-0.39, 0.29) is 17.5 Å². The van der Waals surface area contributed by atoms with E-state index in [0.29, 0.717) is 18.0 Å². The number of carbonyl (C=O) groups is 1. The second kappa shape index (κ2) is 9.62. The molecule has 0 saturated heterocycles. The number of nitrogens with one attached hydrogen (secondary N) is 1. The molecule has 0 aliphatic heterocycles. The molecule has 9 heteroatoms. The van der Waals surface area contributed by atoms with Gasteiger partial charge in [-0.05, 0) is 38.8 Å². The van der Waals surface area contributed by atoms with Crippen LogP contribution in [0.5, 0.6) is 5.75 Å². The first kappa shape index (κ1) is 21.6. The van der Waals surface area contributed by atoms with Gasteiger partial charge in [-0.1, -0.05) is 6.07 Å². The molecule has 7 nitrogen and oxygen atoms in total. The lowest BCUT2D eigenvalue weighted by Gasteiger charge is -2.14. The molecule has 0 saturated carbocycles. The van der Waals surface area contributed by atoms with Crippen molar-refractivity contribution in [1.29, 1.82) is 0 Å². The van der Waals surface area contributed by atoms with Crippen molar-refractivity contribution in [2.75, 3.05) is 19.0 Å². The Morgan fingerprint density at radius 1 is 1.23 bits per heavy atom. The molecule has 0 fully saturated rings. The highest BCUT2D eigenvalue weighted by Crippen LogP contribution is 2.25. The van der Waals surface area contributed by atoms with Crippen LogP contribution in [0.1, 0.15) is 48.4 Å². The molecule has 0 spiro atoms. The molecule has 0 atom stereocenters. The van der Waals surface area contributed by atoms with Crippen LogP contribution >= 0.6 is 0 Å². The predicted octanol–water partition coefficient (Wildman–Crippen LogP) is 4.29. The maximum Gasteiger partial charge on any atom is 0.280 e. The lowest BCUT2D eigenvalue weighted by Crippen LogP contribution is -2.17. The lowest BCUT2D eigenvalue weighted by molar-refractivity contribution is 0.101. The zero-order valence-corrected chi connectivity index (χ0v) is 17.1. The van der Waals surface area contributed by atoms with Gasteiger partial charge in [0.25, 0.3) is 12.3 Å². The van der Waals surface area contributed by atoms with E-state index < -0.39 is 18.0 Å². The number of fused-ring (bicyclic) bond motifs is 1. The van der Waals surface area contributed by atoms with Crippen molar-refractivity contribution in [2.24, 2.45) is 0 Å². The second-order valence-corrected chi connectivity index (χ2v) is 7.01. The molecule has 0 bridgehead atoms. The highest BCUT2D eigenvalue weighted by atomic mass is 19.3. The zero-order valence-electron chi connectivity index (χ0n) is 17.1. The number of pyridine rings is 2. The third kappa shape index (κ3) is 5.29. The second-order valence-electron chi connectivity index (χ2n) is 7.01. The Morgan fingerprint density at radius 2 is 2.03 bits per heavy atom. The number of amides is 1. The average Bonchev–Trinajstić information content (AvgIpc) is 3.09. The minimum atomic E-state index is -2.72. The van der Waals surface area contributed by atoms with Gasteiger partial charge in [0.15, 0.2) is 0 Å². The smallest absolute Gasteiger partial charge is 0.280 e. The first-order valence-corrected chi connectivity index (χ1v) is 9.61. The molecule has 3 heterocycles. The fraction of sp³-hybridized carbons (Fsp3) is 0.381. The first-order chi connectivity index (χ1) is 14.4. The number of rotatable bonds is 9. The summed E-state index contributed by atoms with van der Waals surface area (Å²) >= 11 is 0. The number of imidazole rings is 1. The van der Waals surface area contributed by atoms with Gasteiger partial charge in [0, 0.05) is 32.2 Å². The van der Waals surface area contributed by atoms with Crippen LogP contribution in [0.15, 0.2) is 36.7 Å². The maximum atomic E-state index is 12.9. The van der Waals surface area contributed by atoms with Crippen LogP contribution in [0.2, 0.25) is 0 Å². The van der Waals surface area contributed by atoms with Gasteiger partial charge in [-0.3, -0.25) is 4.79 Å². The van der Waals surface area contributed by atoms with E-state index in [1.165, 1.54) is 18.2 Å². The van der Waals surface area contributed by atoms with E-state index in [4.69, 9.17) is 9.47 Å². The molecule has 1 N–H and O–H groups in total. The SMILES string of the molecule is COCCCc1cn2cc(C(=O)Nc3cccc(C(F)F)n3)c(OC(C)C)cc2n1. The van der Waals surface area contributed by atoms with Gasteiger partial charge in [-0.25, -0.2) is 18.7 Å². The molecule has 0 aromatic carbocycles. The van der Waals surface area contributed by atoms with E-state index in [1.54, 1.807) is 23.8 Å². The van der Waals surface area contributed by atoms with E-state index in [9.17, 15) is 13.6 Å². The van der Waals surface area contributed by atoms with Gasteiger partial charge in [0.1, 0.15) is 22.9 Å². The summed E-state index contributed by atoms with van der Waals surface area (Å²) in [6.45, 7) is 4.33. The Balaban J connectivity index is 1.91. The molecule has 0 aliphatic carbocycles. The summed E-state index contributed by atoms with van der Waals surface area (Å²) in [6.07, 6.45) is 2.13. The number of aromatic nitrogens is 3. The number of aryl methyl sites for hydroxylation is 1. The van der Waals surface area contributed by atoms with Crippen LogP contribution in [0.3, 0.4) is 0 Å². The third-order valence-electron chi connectivity index (χ3n) is 4.23. The van der Waals surface area contributed by atoms with Crippen LogP contribution in [-0.4, -0.2) is 40.1 Å². The minimum Gasteiger partial charge on any atom is -0.490 e. The lowest BCUT2D eigenvalue weighted by atomic mass is 10.2. The van der Waals surface area contributed by atoms with Gasteiger partial charge in [0.05, 0.1) is 17.4 Å². The Hall–Kier alpha value is -3.07. The number of alkyl halides is 2. The quantitative estimate of drug-likeness (QED) is 0.525. The van der Waals surface area contributed by atoms with Crippen LogP contribution in [0.4, 0.5) is 14.6 Å². The third-order valence-corrected chi connectivity index (χ3v) is 4.23. The Bertz CT molecular complexity index is 1020. The number of halogens is 2. The fourth-order valence-corrected chi connectivity index (χ4v) is 2.93. The predicted molar refractivity (Wildman–Crippen MR) is 108 cm³/mol. The first-order valence-electron chi connectivity index (χ1n) is 9.61. The van der Waals surface area contributed by atoms with Crippen LogP contribution in [0.25, 0.3) is 5.65 Å². The fourth-order valence-electron chi connectivity index (χ4n) is 2.93. The summed E-state index contributed by atoms with van der Waals surface area (Å²) in [4.78, 5) is 21.2. The van der Waals surface area contributed by atoms with E-state index >= 15 is 0 Å². The monoisotopic (exact) mass is 418 g/mol. The zero-order chi connectivity index (χ0) is 21.7. The molecule has 0 unspecified atom stereocenters. The van der Waals surface area contributed by atoms with Crippen molar-refractivity contribution in [3.05, 3.63) is 53.6 Å². The molecule has 1 amide bonds. The van der Waals surface area contributed by atoms with Crippen LogP contribution < -0.4 is 10.1 Å². The van der Waals surface area contributed by atoms with Crippen molar-refractivity contribution in [2.45, 2.75) is 39.2 Å². The van der Waals surface area contributed by atoms with Gasteiger partial charge >= 0.3 is 0 Å². The number of anilines is 1. The topological polar surface area (TPSA) is 77.8 Å². The molecule has 3 aromatic rings. The molecule has 3 aromatic heterocycles. The molecular formula is C21H24F2N4O3. The summed E-state index contributed by atoms with van der Waals surface area (Å²) in [6, 6.07) is 5.77. The van der Waals surface area contributed by atoms with Crippen LogP contribution in [-0.2, 0) is 11.2 Å². The van der Waals surface area contributed by atoms with E-state index in [0.717, 1.165) is 18.5 Å². The molecule has 160 valence electrons. The summed E-state index contributed by atoms with van der Waals surface area (Å²) in [5.41, 5.74) is 1.36. The highest BCUT2D eigenvalue weighted by Gasteiger charge is 2.18. The van der Waals surface area contributed by atoms with Gasteiger partial charge in [-0.2, -0.15) is 0 Å². The minimum absolute atomic E-state index is 0.0410. The van der Waals surface area contributed by atoms with Crippen molar-refractivity contribution in [3.63, 3.8) is 0 Å². The molecule has 0 radical (unpaired) electrons. The van der Waals surface area contributed by atoms with Gasteiger partial charge in [-0.15, -0.1) is 0 Å². The number of ether oxygens (including phenoxy) is 2. The number of methoxy groups -OCH3 is 1.